The lowest BCUT2D eigenvalue weighted by atomic mass is 10.1. The molecule has 0 rings (SSSR count). The lowest BCUT2D eigenvalue weighted by Gasteiger charge is -2.25. The molecule has 0 heterocycles. The zero-order chi connectivity index (χ0) is 53.1. The molecule has 0 saturated carbocycles. The van der Waals surface area contributed by atoms with Crippen LogP contribution in [-0.4, -0.2) is 164 Å². The Morgan fingerprint density at radius 3 is 0.797 bits per heavy atom. The summed E-state index contributed by atoms with van der Waals surface area (Å²) in [5, 5.41) is 26.8. The molecule has 392 valence electrons. The fraction of sp³-hybridized carbons (Fsp3) is 0.707. The van der Waals surface area contributed by atoms with Crippen molar-refractivity contribution in [2.75, 3.05) is 26.2 Å². The molecule has 0 saturated heterocycles. The predicted octanol–water partition coefficient (Wildman–Crippen LogP) is -7.86. The van der Waals surface area contributed by atoms with Gasteiger partial charge in [0, 0.05) is 6.92 Å². The third-order valence-electron chi connectivity index (χ3n) is 10.2. The van der Waals surface area contributed by atoms with Crippen molar-refractivity contribution in [2.24, 2.45) is 28.7 Å². The molecule has 0 aliphatic carbocycles. The first kappa shape index (κ1) is 62.5. The third-order valence-corrected chi connectivity index (χ3v) is 10.2. The normalized spacial score (nSPS) is 15.7. The molecule has 69 heavy (non-hydrogen) atoms. The molecular formula is C41H76N16O12. The maximum atomic E-state index is 13.0. The van der Waals surface area contributed by atoms with Gasteiger partial charge in [0.1, 0.15) is 66.5 Å². The highest BCUT2D eigenvalue weighted by Crippen LogP contribution is 2.04. The van der Waals surface area contributed by atoms with Gasteiger partial charge in [-0.2, -0.15) is 0 Å². The second-order valence-electron chi connectivity index (χ2n) is 16.5. The molecule has 0 aliphatic rings. The van der Waals surface area contributed by atoms with E-state index in [1.54, 1.807) is 0 Å². The van der Waals surface area contributed by atoms with Crippen LogP contribution in [0, 0.1) is 0 Å². The number of hydrogen-bond donors (Lipinski definition) is 16. The minimum Gasteiger partial charge on any atom is -0.368 e. The first-order valence-corrected chi connectivity index (χ1v) is 22.6. The zero-order valence-corrected chi connectivity index (χ0v) is 40.7. The molecule has 0 aromatic carbocycles. The third kappa shape index (κ3) is 23.9. The summed E-state index contributed by atoms with van der Waals surface area (Å²) in [6, 6.07) is -12.9. The van der Waals surface area contributed by atoms with Crippen molar-refractivity contribution >= 4 is 70.9 Å². The molecule has 0 aromatic heterocycles. The Morgan fingerprint density at radius 2 is 0.522 bits per heavy atom. The van der Waals surface area contributed by atoms with Crippen LogP contribution in [0.3, 0.4) is 0 Å². The highest BCUT2D eigenvalue weighted by Gasteiger charge is 2.32. The van der Waals surface area contributed by atoms with E-state index in [9.17, 15) is 57.5 Å². The van der Waals surface area contributed by atoms with E-state index >= 15 is 0 Å². The van der Waals surface area contributed by atoms with Crippen molar-refractivity contribution in [2.45, 2.75) is 160 Å². The maximum absolute atomic E-state index is 13.0. The highest BCUT2D eigenvalue weighted by molar-refractivity contribution is 5.98. The molecule has 0 radical (unpaired) electrons. The lowest BCUT2D eigenvalue weighted by Crippen LogP contribution is -2.59. The molecular weight excluding hydrogens is 909 g/mol. The van der Waals surface area contributed by atoms with Crippen LogP contribution in [-0.2, 0) is 57.5 Å². The van der Waals surface area contributed by atoms with Gasteiger partial charge in [-0.15, -0.1) is 0 Å². The Kier molecular flexibility index (Phi) is 29.2. The average molecular weight is 985 g/mol. The molecule has 12 amide bonds. The van der Waals surface area contributed by atoms with E-state index < -0.39 is 137 Å². The van der Waals surface area contributed by atoms with Gasteiger partial charge in [0.25, 0.3) is 0 Å². The summed E-state index contributed by atoms with van der Waals surface area (Å²) in [5.41, 5.74) is 27.6. The zero-order valence-electron chi connectivity index (χ0n) is 40.7. The quantitative estimate of drug-likeness (QED) is 0.0298. The van der Waals surface area contributed by atoms with Gasteiger partial charge in [-0.05, 0) is 113 Å². The number of carbonyl (C=O) groups is 12. The summed E-state index contributed by atoms with van der Waals surface area (Å²) in [6.07, 6.45) is 1.13. The van der Waals surface area contributed by atoms with Gasteiger partial charge in [-0.25, -0.2) is 0 Å². The summed E-state index contributed by atoms with van der Waals surface area (Å²) in [6.45, 7) is 11.0. The molecule has 0 unspecified atom stereocenters. The van der Waals surface area contributed by atoms with Gasteiger partial charge in [0.15, 0.2) is 0 Å². The second-order valence-corrected chi connectivity index (χ2v) is 16.5. The molecule has 0 fully saturated rings. The smallest absolute Gasteiger partial charge is 0.243 e. The first-order chi connectivity index (χ1) is 32.2. The summed E-state index contributed by atoms with van der Waals surface area (Å²) in [4.78, 5) is 152. The van der Waals surface area contributed by atoms with E-state index in [1.807, 2.05) is 0 Å². The number of hydrogen-bond acceptors (Lipinski definition) is 16. The van der Waals surface area contributed by atoms with Gasteiger partial charge >= 0.3 is 0 Å². The van der Waals surface area contributed by atoms with Gasteiger partial charge in [0.05, 0.1) is 0 Å². The molecule has 0 aliphatic heterocycles. The van der Waals surface area contributed by atoms with Crippen LogP contribution < -0.4 is 87.2 Å². The Morgan fingerprint density at radius 1 is 0.304 bits per heavy atom. The van der Waals surface area contributed by atoms with Crippen LogP contribution in [0.2, 0.25) is 0 Å². The Hall–Kier alpha value is -6.52. The van der Waals surface area contributed by atoms with Gasteiger partial charge in [-0.3, -0.25) is 57.5 Å². The van der Waals surface area contributed by atoms with Crippen molar-refractivity contribution in [1.82, 2.24) is 58.5 Å². The standard InChI is InChI=1S/C41H76N16O12/c1-19(47-33(61)20(2)49-35(63)22(4)51-37(65)24(6)53-39(67)30(14-18-45)57-41(69)29(13-17-44)54-26(8)58)32(60)48-21(3)34(62)50-23(5)36(64)52-25(7)38(66)56-28(12-10-16-43)40(68)55-27(31(46)59)11-9-15-42/h19-25,27-30H,9-18,42-45H2,1-8H3,(H2,46,59)(H,47,61)(H,48,60)(H,49,63)(H,50,62)(H,51,65)(H,52,64)(H,53,67)(H,54,58)(H,55,68)(H,56,66)(H,57,69)/t19-,20-,21-,22-,23-,24-,25-,27-,28-,29-,30-/m0/s1. The van der Waals surface area contributed by atoms with Crippen molar-refractivity contribution < 1.29 is 57.5 Å². The molecule has 0 aromatic rings. The van der Waals surface area contributed by atoms with Crippen LogP contribution in [0.1, 0.15) is 93.9 Å². The van der Waals surface area contributed by atoms with Crippen LogP contribution in [0.5, 0.6) is 0 Å². The largest absolute Gasteiger partial charge is 0.368 e. The van der Waals surface area contributed by atoms with E-state index in [1.165, 1.54) is 55.4 Å². The van der Waals surface area contributed by atoms with Crippen molar-refractivity contribution in [3.63, 3.8) is 0 Å². The van der Waals surface area contributed by atoms with E-state index in [0.29, 0.717) is 12.8 Å². The minimum atomic E-state index is -1.23. The monoisotopic (exact) mass is 985 g/mol. The van der Waals surface area contributed by atoms with E-state index in [-0.39, 0.29) is 51.9 Å². The van der Waals surface area contributed by atoms with Crippen molar-refractivity contribution in [3.8, 4) is 0 Å². The fourth-order valence-electron chi connectivity index (χ4n) is 5.96. The summed E-state index contributed by atoms with van der Waals surface area (Å²) in [7, 11) is 0. The Bertz CT molecular complexity index is 1810. The minimum absolute atomic E-state index is 0.0110. The van der Waals surface area contributed by atoms with E-state index in [4.69, 9.17) is 28.7 Å². The Labute approximate surface area is 401 Å². The Balaban J connectivity index is 5.18. The SMILES string of the molecule is CC(=O)N[C@@H](CCN)C(=O)N[C@@H](CCN)C(=O)N[C@@H](C)C(=O)N[C@@H](C)C(=O)N[C@@H](C)C(=O)N[C@@H](C)C(=O)N[C@@H](C)C(=O)N[C@@H](C)C(=O)N[C@@H](C)C(=O)N[C@@H](CCCN)C(=O)N[C@@H](CCCN)C(N)=O. The van der Waals surface area contributed by atoms with Crippen LogP contribution >= 0.6 is 0 Å². The van der Waals surface area contributed by atoms with Crippen LogP contribution in [0.15, 0.2) is 0 Å². The predicted molar refractivity (Wildman–Crippen MR) is 250 cm³/mol. The van der Waals surface area contributed by atoms with Gasteiger partial charge in [-0.1, -0.05) is 0 Å². The molecule has 0 bridgehead atoms. The summed E-state index contributed by atoms with van der Waals surface area (Å²) < 4.78 is 0. The average Bonchev–Trinajstić information content (AvgIpc) is 3.27. The molecule has 21 N–H and O–H groups in total. The first-order valence-electron chi connectivity index (χ1n) is 22.6. The van der Waals surface area contributed by atoms with Gasteiger partial charge < -0.3 is 87.2 Å². The molecule has 28 heteroatoms. The molecule has 11 atom stereocenters. The topological polar surface area (TPSA) is 467 Å². The maximum Gasteiger partial charge on any atom is 0.243 e. The van der Waals surface area contributed by atoms with Gasteiger partial charge in [0.2, 0.25) is 70.9 Å². The number of rotatable bonds is 32. The number of nitrogens with two attached hydrogens (primary N) is 5. The van der Waals surface area contributed by atoms with E-state index in [2.05, 4.69) is 58.5 Å². The highest BCUT2D eigenvalue weighted by atomic mass is 16.2. The molecule has 0 spiro atoms. The number of amides is 12. The second kappa shape index (κ2) is 32.3. The van der Waals surface area contributed by atoms with Crippen LogP contribution in [0.4, 0.5) is 0 Å². The van der Waals surface area contributed by atoms with Crippen LogP contribution in [0.25, 0.3) is 0 Å². The molecule has 28 nitrogen and oxygen atoms in total. The lowest BCUT2D eigenvalue weighted by molar-refractivity contribution is -0.135. The fourth-order valence-corrected chi connectivity index (χ4v) is 5.96. The summed E-state index contributed by atoms with van der Waals surface area (Å²) >= 11 is 0. The van der Waals surface area contributed by atoms with Crippen molar-refractivity contribution in [3.05, 3.63) is 0 Å². The van der Waals surface area contributed by atoms with Crippen molar-refractivity contribution in [1.29, 1.82) is 0 Å². The number of carbonyl (C=O) groups excluding carboxylic acids is 12. The number of primary amides is 1. The summed E-state index contributed by atoms with van der Waals surface area (Å²) in [5.74, 6) is -8.96. The number of nitrogens with one attached hydrogen (secondary N) is 11. The van der Waals surface area contributed by atoms with E-state index in [0.717, 1.165) is 0 Å².